The summed E-state index contributed by atoms with van der Waals surface area (Å²) in [5.41, 5.74) is 14.9. The number of halogens is 2. The molecule has 2 fully saturated rings. The van der Waals surface area contributed by atoms with Gasteiger partial charge >= 0.3 is 0 Å². The van der Waals surface area contributed by atoms with Crippen LogP contribution in [0.2, 0.25) is 0 Å². The van der Waals surface area contributed by atoms with Crippen molar-refractivity contribution >= 4 is 29.5 Å². The second kappa shape index (κ2) is 19.6. The van der Waals surface area contributed by atoms with Crippen LogP contribution in [0, 0.1) is 23.0 Å². The number of hydrogen-bond acceptors (Lipinski definition) is 8. The molecular formula is C43H52F2N8O5. The molecular weight excluding hydrogens is 747 g/mol. The lowest BCUT2D eigenvalue weighted by atomic mass is 9.95. The summed E-state index contributed by atoms with van der Waals surface area (Å²) in [5, 5.41) is 12.3. The number of nitriles is 1. The number of nitrogens with zero attached hydrogens (tertiary/aromatic N) is 6. The largest absolute Gasteiger partial charge is 0.332 e. The zero-order valence-corrected chi connectivity index (χ0v) is 33.2. The van der Waals surface area contributed by atoms with E-state index in [-0.39, 0.29) is 51.3 Å². The molecule has 4 N–H and O–H groups in total. The van der Waals surface area contributed by atoms with Crippen LogP contribution in [0.25, 0.3) is 0 Å². The van der Waals surface area contributed by atoms with Crippen LogP contribution in [0.3, 0.4) is 0 Å². The zero-order valence-electron chi connectivity index (χ0n) is 33.2. The van der Waals surface area contributed by atoms with E-state index in [9.17, 15) is 38.0 Å². The first kappa shape index (κ1) is 43.4. The van der Waals surface area contributed by atoms with Crippen LogP contribution in [0.1, 0.15) is 74.2 Å². The fraction of sp³-hybridized carbons (Fsp3) is 0.442. The molecule has 2 aliphatic rings. The van der Waals surface area contributed by atoms with Crippen molar-refractivity contribution in [3.8, 4) is 6.07 Å². The molecule has 15 heteroatoms. The summed E-state index contributed by atoms with van der Waals surface area (Å²) in [6.07, 6.45) is 1.88. The molecule has 5 atom stereocenters. The van der Waals surface area contributed by atoms with E-state index in [1.165, 1.54) is 51.1 Å². The van der Waals surface area contributed by atoms with E-state index in [1.54, 1.807) is 53.4 Å². The summed E-state index contributed by atoms with van der Waals surface area (Å²) in [5.74, 6) is -2.95. The number of carbonyl (C=O) groups excluding carboxylic acids is 5. The highest BCUT2D eigenvalue weighted by Gasteiger charge is 2.44. The zero-order chi connectivity index (χ0) is 42.1. The summed E-state index contributed by atoms with van der Waals surface area (Å²) in [4.78, 5) is 74.7. The van der Waals surface area contributed by atoms with Crippen molar-refractivity contribution in [2.75, 3.05) is 33.2 Å². The number of piperazine rings is 2. The number of nitrogens with two attached hydrogens (primary N) is 2. The maximum Gasteiger partial charge on any atom is 0.263 e. The van der Waals surface area contributed by atoms with Crippen molar-refractivity contribution in [1.29, 1.82) is 5.26 Å². The molecule has 5 amide bonds. The van der Waals surface area contributed by atoms with Gasteiger partial charge in [0.25, 0.3) is 5.91 Å². The van der Waals surface area contributed by atoms with Crippen molar-refractivity contribution in [2.24, 2.45) is 11.5 Å². The van der Waals surface area contributed by atoms with E-state index >= 15 is 0 Å². The summed E-state index contributed by atoms with van der Waals surface area (Å²) >= 11 is 0. The molecule has 2 unspecified atom stereocenters. The fourth-order valence-corrected chi connectivity index (χ4v) is 7.83. The molecule has 0 spiro atoms. The highest BCUT2D eigenvalue weighted by molar-refractivity contribution is 5.93. The third kappa shape index (κ3) is 10.0. The van der Waals surface area contributed by atoms with Gasteiger partial charge in [-0.3, -0.25) is 29.0 Å². The molecule has 0 radical (unpaired) electrons. The van der Waals surface area contributed by atoms with Gasteiger partial charge in [0.15, 0.2) is 0 Å². The van der Waals surface area contributed by atoms with E-state index in [0.717, 1.165) is 0 Å². The predicted octanol–water partition coefficient (Wildman–Crippen LogP) is 3.46. The predicted molar refractivity (Wildman–Crippen MR) is 212 cm³/mol. The van der Waals surface area contributed by atoms with Crippen LogP contribution >= 0.6 is 0 Å². The number of hydrogen-bond donors (Lipinski definition) is 2. The van der Waals surface area contributed by atoms with Crippen LogP contribution < -0.4 is 11.5 Å². The van der Waals surface area contributed by atoms with Crippen molar-refractivity contribution in [1.82, 2.24) is 24.7 Å². The highest BCUT2D eigenvalue weighted by atomic mass is 19.1. The molecule has 5 rings (SSSR count). The van der Waals surface area contributed by atoms with E-state index in [2.05, 4.69) is 6.07 Å². The Hall–Kier alpha value is -5.72. The summed E-state index contributed by atoms with van der Waals surface area (Å²) in [6, 6.07) is 15.7. The molecule has 2 heterocycles. The normalized spacial score (nSPS) is 18.7. The molecule has 0 bridgehead atoms. The third-order valence-electron chi connectivity index (χ3n) is 10.9. The minimum Gasteiger partial charge on any atom is -0.332 e. The Bertz CT molecular complexity index is 1990. The van der Waals surface area contributed by atoms with Crippen LogP contribution in [-0.4, -0.2) is 112 Å². The van der Waals surface area contributed by atoms with Gasteiger partial charge in [-0.25, -0.2) is 13.8 Å². The standard InChI is InChI=1S/C43H52F2N8O5/c1-4-7-36-42(57)52(20-19-50(36)40(55)34(47)24-28-11-15-32(44)16-12-28)38(31-10-6-9-30(23-31)27-46)26-39(54)49(3)53-22-21-51(37(8-5-2)43(53)58)41(56)35(48)25-29-13-17-33(45)18-14-29/h6,9-18,23,34-38H,4-5,7-8,19-22,24-26,47-48H2,1-3H3/t34?,35?,36-,37-,38-/m0/s1. The summed E-state index contributed by atoms with van der Waals surface area (Å²) < 4.78 is 27.0. The van der Waals surface area contributed by atoms with E-state index < -0.39 is 65.5 Å². The number of rotatable bonds is 15. The van der Waals surface area contributed by atoms with E-state index in [0.29, 0.717) is 47.9 Å². The molecule has 0 saturated carbocycles. The second-order valence-electron chi connectivity index (χ2n) is 14.9. The molecule has 2 aliphatic heterocycles. The monoisotopic (exact) mass is 798 g/mol. The highest BCUT2D eigenvalue weighted by Crippen LogP contribution is 2.31. The second-order valence-corrected chi connectivity index (χ2v) is 14.9. The molecule has 308 valence electrons. The van der Waals surface area contributed by atoms with Gasteiger partial charge in [0, 0.05) is 26.7 Å². The Balaban J connectivity index is 1.34. The number of carbonyl (C=O) groups is 5. The molecule has 3 aromatic rings. The van der Waals surface area contributed by atoms with Crippen LogP contribution in [-0.2, 0) is 36.8 Å². The Morgan fingerprint density at radius 1 is 0.776 bits per heavy atom. The minimum absolute atomic E-state index is 0.0152. The number of hydrazine groups is 1. The topological polar surface area (TPSA) is 177 Å². The lowest BCUT2D eigenvalue weighted by Crippen LogP contribution is -2.65. The van der Waals surface area contributed by atoms with Crippen molar-refractivity contribution in [3.63, 3.8) is 0 Å². The molecule has 58 heavy (non-hydrogen) atoms. The van der Waals surface area contributed by atoms with Gasteiger partial charge in [-0.1, -0.05) is 63.1 Å². The van der Waals surface area contributed by atoms with Crippen LogP contribution in [0.4, 0.5) is 8.78 Å². The Morgan fingerprint density at radius 2 is 1.28 bits per heavy atom. The number of benzene rings is 3. The van der Waals surface area contributed by atoms with Crippen molar-refractivity contribution in [2.45, 2.75) is 89.0 Å². The summed E-state index contributed by atoms with van der Waals surface area (Å²) in [6.45, 7) is 4.13. The summed E-state index contributed by atoms with van der Waals surface area (Å²) in [7, 11) is 1.48. The third-order valence-corrected chi connectivity index (χ3v) is 10.9. The average molecular weight is 799 g/mol. The van der Waals surface area contributed by atoms with Gasteiger partial charge in [0.1, 0.15) is 23.7 Å². The van der Waals surface area contributed by atoms with Crippen molar-refractivity contribution in [3.05, 3.63) is 107 Å². The smallest absolute Gasteiger partial charge is 0.263 e. The lowest BCUT2D eigenvalue weighted by molar-refractivity contribution is -0.174. The van der Waals surface area contributed by atoms with Gasteiger partial charge in [0.2, 0.25) is 23.6 Å². The van der Waals surface area contributed by atoms with Gasteiger partial charge in [-0.2, -0.15) is 5.26 Å². The van der Waals surface area contributed by atoms with Gasteiger partial charge in [0.05, 0.1) is 42.7 Å². The molecule has 2 saturated heterocycles. The Labute approximate surface area is 338 Å². The van der Waals surface area contributed by atoms with Crippen molar-refractivity contribution < 1.29 is 32.8 Å². The van der Waals surface area contributed by atoms with E-state index in [4.69, 9.17) is 11.5 Å². The quantitative estimate of drug-likeness (QED) is 0.235. The molecule has 0 aromatic heterocycles. The Kier molecular flexibility index (Phi) is 14.7. The van der Waals surface area contributed by atoms with Gasteiger partial charge < -0.3 is 26.2 Å². The first-order chi connectivity index (χ1) is 27.8. The minimum atomic E-state index is -0.974. The Morgan fingerprint density at radius 3 is 1.78 bits per heavy atom. The molecule has 0 aliphatic carbocycles. The SMILES string of the molecule is CCC[C@H]1C(=O)N([C@@H](CC(=O)N(C)N2CCN(C(=O)C(N)Cc3ccc(F)cc3)[C@@H](CCC)C2=O)c2cccc(C#N)c2)CCN1C(=O)C(N)Cc1ccc(F)cc1. The maximum absolute atomic E-state index is 14.5. The molecule has 3 aromatic carbocycles. The van der Waals surface area contributed by atoms with Gasteiger partial charge in [-0.15, -0.1) is 0 Å². The fourth-order valence-electron chi connectivity index (χ4n) is 7.83. The van der Waals surface area contributed by atoms with E-state index in [1.807, 2.05) is 13.8 Å². The van der Waals surface area contributed by atoms with Crippen LogP contribution in [0.5, 0.6) is 0 Å². The first-order valence-corrected chi connectivity index (χ1v) is 19.8. The lowest BCUT2D eigenvalue weighted by Gasteiger charge is -2.46. The maximum atomic E-state index is 14.5. The van der Waals surface area contributed by atoms with Crippen LogP contribution in [0.15, 0.2) is 72.8 Å². The first-order valence-electron chi connectivity index (χ1n) is 19.8. The average Bonchev–Trinajstić information content (AvgIpc) is 3.22. The number of amides is 5. The molecule has 13 nitrogen and oxygen atoms in total. The van der Waals surface area contributed by atoms with Gasteiger partial charge in [-0.05, 0) is 78.8 Å².